The van der Waals surface area contributed by atoms with Crippen LogP contribution in [0.1, 0.15) is 68.2 Å². The molecule has 1 aromatic carbocycles. The highest BCUT2D eigenvalue weighted by molar-refractivity contribution is 7.91. The van der Waals surface area contributed by atoms with Gasteiger partial charge in [-0.15, -0.1) is 4.36 Å². The van der Waals surface area contributed by atoms with Gasteiger partial charge < -0.3 is 10.2 Å². The Balaban J connectivity index is 2.48. The predicted molar refractivity (Wildman–Crippen MR) is 123 cm³/mol. The van der Waals surface area contributed by atoms with Crippen LogP contribution in [-0.4, -0.2) is 34.2 Å². The number of hydrogen-bond donors (Lipinski definition) is 2. The molecule has 2 aromatic rings. The molecule has 3 N–H and O–H groups in total. The number of carbonyl (C=O) groups excluding carboxylic acids is 1. The van der Waals surface area contributed by atoms with E-state index in [0.29, 0.717) is 28.9 Å². The number of rotatable bonds is 7. The molecule has 1 aromatic heterocycles. The Hall–Kier alpha value is -2.50. The van der Waals surface area contributed by atoms with E-state index in [2.05, 4.69) is 14.7 Å². The van der Waals surface area contributed by atoms with Crippen molar-refractivity contribution < 1.29 is 22.2 Å². The van der Waals surface area contributed by atoms with Gasteiger partial charge in [-0.1, -0.05) is 27.7 Å². The highest BCUT2D eigenvalue weighted by atomic mass is 32.2. The number of aromatic nitrogens is 1. The SMILES string of the molecule is CC(C)c1cc(C(F)F)cc(C(C)C)c1NC(=O)N=S(N)(=O)c1ncc(CN(C)C)cc1F. The van der Waals surface area contributed by atoms with Crippen LogP contribution in [0.4, 0.5) is 23.7 Å². The molecule has 0 saturated carbocycles. The summed E-state index contributed by atoms with van der Waals surface area (Å²) in [6, 6.07) is 2.69. The number of hydrogen-bond acceptors (Lipinski definition) is 4. The normalized spacial score (nSPS) is 13.6. The van der Waals surface area contributed by atoms with Gasteiger partial charge in [0.05, 0.1) is 0 Å². The monoisotopic (exact) mass is 485 g/mol. The third-order valence-corrected chi connectivity index (χ3v) is 6.10. The van der Waals surface area contributed by atoms with Crippen LogP contribution in [0.3, 0.4) is 0 Å². The first-order valence-corrected chi connectivity index (χ1v) is 11.9. The summed E-state index contributed by atoms with van der Waals surface area (Å²) in [6.07, 6.45) is -1.36. The van der Waals surface area contributed by atoms with Gasteiger partial charge in [-0.2, -0.15) is 0 Å². The number of urea groups is 1. The molecule has 0 fully saturated rings. The topological polar surface area (TPSA) is 101 Å². The third-order valence-electron chi connectivity index (χ3n) is 4.81. The van der Waals surface area contributed by atoms with Crippen molar-refractivity contribution in [2.75, 3.05) is 19.4 Å². The van der Waals surface area contributed by atoms with Crippen LogP contribution in [0.25, 0.3) is 0 Å². The van der Waals surface area contributed by atoms with Crippen LogP contribution in [0.5, 0.6) is 0 Å². The largest absolute Gasteiger partial charge is 0.354 e. The molecule has 0 spiro atoms. The van der Waals surface area contributed by atoms with Crippen molar-refractivity contribution in [2.24, 2.45) is 9.50 Å². The molecular weight excluding hydrogens is 455 g/mol. The average molecular weight is 486 g/mol. The summed E-state index contributed by atoms with van der Waals surface area (Å²) < 4.78 is 57.6. The predicted octanol–water partition coefficient (Wildman–Crippen LogP) is 5.40. The summed E-state index contributed by atoms with van der Waals surface area (Å²) in [5.41, 5.74) is 1.61. The lowest BCUT2D eigenvalue weighted by molar-refractivity contribution is 0.151. The molecule has 0 aliphatic rings. The number of amides is 2. The Bertz CT molecular complexity index is 1110. The second-order valence-corrected chi connectivity index (χ2v) is 10.3. The molecule has 0 aliphatic heterocycles. The molecule has 0 saturated heterocycles. The third kappa shape index (κ3) is 6.75. The van der Waals surface area contributed by atoms with Gasteiger partial charge in [0, 0.05) is 24.0 Å². The van der Waals surface area contributed by atoms with Crippen molar-refractivity contribution >= 4 is 21.6 Å². The van der Waals surface area contributed by atoms with E-state index in [1.807, 2.05) is 0 Å². The van der Waals surface area contributed by atoms with Crippen LogP contribution in [0.15, 0.2) is 33.8 Å². The minimum atomic E-state index is -4.00. The molecule has 1 atom stereocenters. The zero-order chi connectivity index (χ0) is 25.1. The van der Waals surface area contributed by atoms with Gasteiger partial charge in [0.25, 0.3) is 6.43 Å². The number of carbonyl (C=O) groups is 1. The molecule has 1 unspecified atom stereocenters. The molecule has 0 radical (unpaired) electrons. The Morgan fingerprint density at radius 2 is 1.70 bits per heavy atom. The first-order chi connectivity index (χ1) is 15.2. The molecule has 0 bridgehead atoms. The number of benzene rings is 1. The average Bonchev–Trinajstić information content (AvgIpc) is 2.66. The number of nitrogens with one attached hydrogen (secondary N) is 1. The van der Waals surface area contributed by atoms with Gasteiger partial charge in [-0.25, -0.2) is 32.3 Å². The number of anilines is 1. The van der Waals surface area contributed by atoms with E-state index in [4.69, 9.17) is 5.14 Å². The quantitative estimate of drug-likeness (QED) is 0.548. The van der Waals surface area contributed by atoms with E-state index in [1.54, 1.807) is 46.7 Å². The number of pyridine rings is 1. The fourth-order valence-corrected chi connectivity index (χ4v) is 4.24. The van der Waals surface area contributed by atoms with Gasteiger partial charge in [0.2, 0.25) is 0 Å². The molecular formula is C22H30F3N5O2S. The lowest BCUT2D eigenvalue weighted by atomic mass is 9.90. The van der Waals surface area contributed by atoms with Gasteiger partial charge >= 0.3 is 6.03 Å². The van der Waals surface area contributed by atoms with E-state index < -0.39 is 33.2 Å². The minimum Gasteiger partial charge on any atom is -0.305 e. The zero-order valence-corrected chi connectivity index (χ0v) is 20.3. The van der Waals surface area contributed by atoms with Crippen molar-refractivity contribution in [3.63, 3.8) is 0 Å². The van der Waals surface area contributed by atoms with Crippen LogP contribution >= 0.6 is 0 Å². The second kappa shape index (κ2) is 10.6. The molecule has 33 heavy (non-hydrogen) atoms. The summed E-state index contributed by atoms with van der Waals surface area (Å²) in [5, 5.41) is 7.58. The van der Waals surface area contributed by atoms with E-state index >= 15 is 0 Å². The highest BCUT2D eigenvalue weighted by Crippen LogP contribution is 2.36. The van der Waals surface area contributed by atoms with Gasteiger partial charge in [0.1, 0.15) is 0 Å². The smallest absolute Gasteiger partial charge is 0.305 e. The molecule has 0 aliphatic carbocycles. The number of halogens is 3. The van der Waals surface area contributed by atoms with Crippen LogP contribution in [-0.2, 0) is 16.5 Å². The van der Waals surface area contributed by atoms with Crippen molar-refractivity contribution in [1.82, 2.24) is 9.88 Å². The molecule has 7 nitrogen and oxygen atoms in total. The fourth-order valence-electron chi connectivity index (χ4n) is 3.32. The molecule has 2 amide bonds. The first kappa shape index (κ1) is 26.7. The zero-order valence-electron chi connectivity index (χ0n) is 19.5. The first-order valence-electron chi connectivity index (χ1n) is 10.3. The summed E-state index contributed by atoms with van der Waals surface area (Å²) in [6.45, 7) is 7.58. The summed E-state index contributed by atoms with van der Waals surface area (Å²) in [7, 11) is -0.412. The Morgan fingerprint density at radius 1 is 1.15 bits per heavy atom. The van der Waals surface area contributed by atoms with Crippen molar-refractivity contribution in [3.8, 4) is 0 Å². The van der Waals surface area contributed by atoms with E-state index in [0.717, 1.165) is 6.07 Å². The molecule has 1 heterocycles. The maximum Gasteiger partial charge on any atom is 0.354 e. The standard InChI is InChI=1S/C22H30F3N5O2S/c1-12(2)16-8-15(20(24)25)9-17(13(3)4)19(16)28-22(31)29-33(26,32)21-18(23)7-14(10-27-21)11-30(5)6/h7-10,12-13,20H,11H2,1-6H3,(H3,26,28,29,31,32). The minimum absolute atomic E-state index is 0.163. The maximum atomic E-state index is 14.5. The number of nitrogens with two attached hydrogens (primary N) is 1. The van der Waals surface area contributed by atoms with Gasteiger partial charge in [0.15, 0.2) is 20.8 Å². The van der Waals surface area contributed by atoms with Crippen LogP contribution < -0.4 is 10.5 Å². The summed E-state index contributed by atoms with van der Waals surface area (Å²) in [5.74, 6) is -1.35. The Labute approximate surface area is 192 Å². The number of alkyl halides is 2. The maximum absolute atomic E-state index is 14.5. The fraction of sp³-hybridized carbons (Fsp3) is 0.455. The van der Waals surface area contributed by atoms with Crippen LogP contribution in [0.2, 0.25) is 0 Å². The number of nitrogens with zero attached hydrogens (tertiary/aromatic N) is 3. The van der Waals surface area contributed by atoms with Gasteiger partial charge in [-0.3, -0.25) is 0 Å². The molecule has 182 valence electrons. The lowest BCUT2D eigenvalue weighted by Crippen LogP contribution is -2.21. The summed E-state index contributed by atoms with van der Waals surface area (Å²) in [4.78, 5) is 18.3. The Morgan fingerprint density at radius 3 is 2.12 bits per heavy atom. The second-order valence-electron chi connectivity index (χ2n) is 8.64. The van der Waals surface area contributed by atoms with E-state index in [-0.39, 0.29) is 17.4 Å². The van der Waals surface area contributed by atoms with E-state index in [9.17, 15) is 22.2 Å². The van der Waals surface area contributed by atoms with E-state index in [1.165, 1.54) is 18.3 Å². The van der Waals surface area contributed by atoms with Crippen LogP contribution in [0, 0.1) is 5.82 Å². The lowest BCUT2D eigenvalue weighted by Gasteiger charge is -2.21. The molecule has 11 heteroatoms. The van der Waals surface area contributed by atoms with Crippen molar-refractivity contribution in [3.05, 3.63) is 52.5 Å². The molecule has 2 rings (SSSR count). The Kier molecular flexibility index (Phi) is 8.61. The van der Waals surface area contributed by atoms with Crippen molar-refractivity contribution in [1.29, 1.82) is 0 Å². The van der Waals surface area contributed by atoms with Gasteiger partial charge in [-0.05, 0) is 60.8 Å². The highest BCUT2D eigenvalue weighted by Gasteiger charge is 2.22. The van der Waals surface area contributed by atoms with Crippen molar-refractivity contribution in [2.45, 2.75) is 57.5 Å². The summed E-state index contributed by atoms with van der Waals surface area (Å²) >= 11 is 0.